The van der Waals surface area contributed by atoms with Crippen molar-refractivity contribution < 1.29 is 46.6 Å². The molecule has 0 radical (unpaired) electrons. The van der Waals surface area contributed by atoms with Crippen LogP contribution < -0.4 is 10.1 Å². The van der Waals surface area contributed by atoms with Crippen molar-refractivity contribution in [2.24, 2.45) is 4.99 Å². The number of nitrogens with zero attached hydrogens (tertiary/aromatic N) is 4. The van der Waals surface area contributed by atoms with E-state index < -0.39 is 64.4 Å². The number of anilines is 1. The summed E-state index contributed by atoms with van der Waals surface area (Å²) in [4.78, 5) is 77.7. The number of carbonyl (C=O) groups is 5. The van der Waals surface area contributed by atoms with E-state index in [0.29, 0.717) is 22.4 Å². The Labute approximate surface area is 393 Å². The third kappa shape index (κ3) is 12.5. The Morgan fingerprint density at radius 3 is 1.93 bits per heavy atom. The Balaban J connectivity index is 1.30. The molecule has 4 aromatic carbocycles. The van der Waals surface area contributed by atoms with Crippen LogP contribution in [-0.4, -0.2) is 90.7 Å². The van der Waals surface area contributed by atoms with E-state index in [1.165, 1.54) is 101 Å². The number of ether oxygens (including phenoxy) is 3. The molecule has 2 atom stereocenters. The van der Waals surface area contributed by atoms with Gasteiger partial charge in [-0.1, -0.05) is 150 Å². The lowest BCUT2D eigenvalue weighted by Crippen LogP contribution is -2.57. The number of amidine groups is 1. The number of benzene rings is 4. The predicted octanol–water partition coefficient (Wildman–Crippen LogP) is 9.13. The van der Waals surface area contributed by atoms with Crippen LogP contribution in [0.3, 0.4) is 0 Å². The standard InChI is InChI=1S/C51H61N5O10S/c1-4-6-7-8-9-10-11-12-13-14-15-24-33-66-50(60)39-31-32-42(64-3)41(34-39)52-47(58)44(56-48(59)49(65-5-2)54(51(56)61)35-37-25-18-16-19-26-37)45-53-46(57)40-29-22-23-30-43(40)67(62,63)55(45)36-38-27-20-17-21-28-38/h16-23,25-32,34,44,49H,4-15,24,33,35-36H2,1-3H3,(H,52,58). The van der Waals surface area contributed by atoms with Crippen molar-refractivity contribution in [1.29, 1.82) is 0 Å². The monoisotopic (exact) mass is 935 g/mol. The average Bonchev–Trinajstić information content (AvgIpc) is 3.51. The third-order valence-electron chi connectivity index (χ3n) is 11.7. The Bertz CT molecular complexity index is 2480. The quantitative estimate of drug-likeness (QED) is 0.0382. The lowest BCUT2D eigenvalue weighted by atomic mass is 10.1. The van der Waals surface area contributed by atoms with E-state index >= 15 is 4.79 Å². The van der Waals surface area contributed by atoms with Gasteiger partial charge in [-0.3, -0.25) is 19.3 Å². The van der Waals surface area contributed by atoms with Crippen molar-refractivity contribution in [3.63, 3.8) is 0 Å². The molecular weight excluding hydrogens is 875 g/mol. The number of imide groups is 1. The molecule has 4 aromatic rings. The van der Waals surface area contributed by atoms with Gasteiger partial charge in [-0.15, -0.1) is 0 Å². The first kappa shape index (κ1) is 50.0. The van der Waals surface area contributed by atoms with Crippen molar-refractivity contribution in [3.05, 3.63) is 125 Å². The second kappa shape index (κ2) is 24.4. The molecule has 2 unspecified atom stereocenters. The molecule has 16 heteroatoms. The minimum absolute atomic E-state index is 0.0116. The van der Waals surface area contributed by atoms with Crippen LogP contribution >= 0.6 is 0 Å². The molecule has 2 heterocycles. The molecule has 2 aliphatic rings. The zero-order valence-corrected chi connectivity index (χ0v) is 39.4. The van der Waals surface area contributed by atoms with Crippen LogP contribution in [0, 0.1) is 0 Å². The molecule has 0 saturated carbocycles. The average molecular weight is 936 g/mol. The third-order valence-corrected chi connectivity index (χ3v) is 13.5. The van der Waals surface area contributed by atoms with Crippen molar-refractivity contribution in [3.8, 4) is 5.75 Å². The van der Waals surface area contributed by atoms with Crippen LogP contribution in [0.25, 0.3) is 0 Å². The molecule has 0 aliphatic carbocycles. The summed E-state index contributed by atoms with van der Waals surface area (Å²) in [6.45, 7) is 3.46. The topological polar surface area (TPSA) is 181 Å². The van der Waals surface area contributed by atoms with Crippen molar-refractivity contribution in [2.45, 2.75) is 121 Å². The van der Waals surface area contributed by atoms with Gasteiger partial charge in [0.25, 0.3) is 27.7 Å². The van der Waals surface area contributed by atoms with E-state index in [0.717, 1.165) is 28.5 Å². The Morgan fingerprint density at radius 1 is 0.731 bits per heavy atom. The van der Waals surface area contributed by atoms with Gasteiger partial charge in [-0.2, -0.15) is 4.99 Å². The number of methoxy groups -OCH3 is 1. The van der Waals surface area contributed by atoms with Gasteiger partial charge in [0, 0.05) is 6.61 Å². The number of amides is 5. The minimum atomic E-state index is -4.73. The van der Waals surface area contributed by atoms with Crippen LogP contribution in [-0.2, 0) is 42.2 Å². The van der Waals surface area contributed by atoms with Gasteiger partial charge >= 0.3 is 12.0 Å². The molecule has 356 valence electrons. The van der Waals surface area contributed by atoms with Crippen LogP contribution in [0.15, 0.2) is 113 Å². The number of sulfonamides is 1. The fourth-order valence-corrected chi connectivity index (χ4v) is 9.82. The van der Waals surface area contributed by atoms with E-state index in [-0.39, 0.29) is 47.2 Å². The minimum Gasteiger partial charge on any atom is -0.495 e. The number of rotatable bonds is 25. The first-order chi connectivity index (χ1) is 32.5. The van der Waals surface area contributed by atoms with E-state index in [1.54, 1.807) is 67.6 Å². The van der Waals surface area contributed by atoms with Gasteiger partial charge in [0.05, 0.1) is 43.6 Å². The van der Waals surface area contributed by atoms with Crippen molar-refractivity contribution in [2.75, 3.05) is 25.6 Å². The zero-order valence-electron chi connectivity index (χ0n) is 38.6. The maximum atomic E-state index is 15.2. The van der Waals surface area contributed by atoms with Crippen molar-refractivity contribution in [1.82, 2.24) is 14.1 Å². The van der Waals surface area contributed by atoms with Crippen LogP contribution in [0.5, 0.6) is 5.75 Å². The van der Waals surface area contributed by atoms with Gasteiger partial charge < -0.3 is 19.5 Å². The van der Waals surface area contributed by atoms with Gasteiger partial charge in [0.15, 0.2) is 11.9 Å². The SMILES string of the molecule is CCCCCCCCCCCCCCOC(=O)c1ccc(OC)c(NC(=O)C(C2=NC(=O)c3ccccc3S(=O)(=O)N2Cc2ccccc2)N2C(=O)C(OCC)N(Cc3ccccc3)C2=O)c1. The number of urea groups is 1. The normalized spacial score (nSPS) is 16.0. The number of unbranched alkanes of at least 4 members (excludes halogenated alkanes) is 11. The zero-order chi connectivity index (χ0) is 47.8. The molecule has 5 amide bonds. The summed E-state index contributed by atoms with van der Waals surface area (Å²) in [5.74, 6) is -4.47. The summed E-state index contributed by atoms with van der Waals surface area (Å²) in [5.41, 5.74) is 0.798. The lowest BCUT2D eigenvalue weighted by Gasteiger charge is -2.32. The highest BCUT2D eigenvalue weighted by Crippen LogP contribution is 2.33. The summed E-state index contributed by atoms with van der Waals surface area (Å²) >= 11 is 0. The van der Waals surface area contributed by atoms with Crippen LogP contribution in [0.1, 0.15) is 123 Å². The molecule has 1 fully saturated rings. The predicted molar refractivity (Wildman–Crippen MR) is 254 cm³/mol. The van der Waals surface area contributed by atoms with E-state index in [9.17, 15) is 27.6 Å². The Hall–Kier alpha value is -6.39. The maximum Gasteiger partial charge on any atom is 0.338 e. The highest BCUT2D eigenvalue weighted by Gasteiger charge is 2.54. The molecule has 2 aliphatic heterocycles. The molecule has 67 heavy (non-hydrogen) atoms. The van der Waals surface area contributed by atoms with E-state index in [2.05, 4.69) is 17.2 Å². The largest absolute Gasteiger partial charge is 0.495 e. The molecular formula is C51H61N5O10S. The fourth-order valence-electron chi connectivity index (χ4n) is 8.19. The van der Waals surface area contributed by atoms with Gasteiger partial charge in [-0.05, 0) is 54.8 Å². The van der Waals surface area contributed by atoms with Crippen molar-refractivity contribution >= 4 is 51.3 Å². The molecule has 0 aromatic heterocycles. The maximum absolute atomic E-state index is 15.2. The van der Waals surface area contributed by atoms with E-state index in [4.69, 9.17) is 14.2 Å². The van der Waals surface area contributed by atoms with Gasteiger partial charge in [-0.25, -0.2) is 27.2 Å². The summed E-state index contributed by atoms with van der Waals surface area (Å²) < 4.78 is 47.5. The first-order valence-electron chi connectivity index (χ1n) is 23.2. The Kier molecular flexibility index (Phi) is 18.2. The molecule has 15 nitrogen and oxygen atoms in total. The first-order valence-corrected chi connectivity index (χ1v) is 24.7. The summed E-state index contributed by atoms with van der Waals surface area (Å²) in [7, 11) is -3.39. The number of carbonyl (C=O) groups excluding carboxylic acids is 5. The summed E-state index contributed by atoms with van der Waals surface area (Å²) in [6.07, 6.45) is 12.4. The van der Waals surface area contributed by atoms with Crippen LogP contribution in [0.4, 0.5) is 10.5 Å². The molecule has 0 bridgehead atoms. The number of nitrogens with one attached hydrogen (secondary N) is 1. The number of fused-ring (bicyclic) bond motifs is 1. The fraction of sp³-hybridized carbons (Fsp3) is 0.412. The second-order valence-electron chi connectivity index (χ2n) is 16.5. The van der Waals surface area contributed by atoms with Gasteiger partial charge in [0.2, 0.25) is 6.23 Å². The molecule has 6 rings (SSSR count). The molecule has 1 saturated heterocycles. The lowest BCUT2D eigenvalue weighted by molar-refractivity contribution is -0.144. The van der Waals surface area contributed by atoms with Crippen LogP contribution in [0.2, 0.25) is 0 Å². The summed E-state index contributed by atoms with van der Waals surface area (Å²) in [5, 5.41) is 2.68. The highest BCUT2D eigenvalue weighted by atomic mass is 32.2. The van der Waals surface area contributed by atoms with Gasteiger partial charge in [0.1, 0.15) is 10.6 Å². The number of hydrogen-bond acceptors (Lipinski definition) is 10. The highest BCUT2D eigenvalue weighted by molar-refractivity contribution is 7.89. The smallest absolute Gasteiger partial charge is 0.338 e. The second-order valence-corrected chi connectivity index (χ2v) is 18.3. The van der Waals surface area contributed by atoms with E-state index in [1.807, 2.05) is 0 Å². The summed E-state index contributed by atoms with van der Waals surface area (Å²) in [6, 6.07) is 23.7. The number of esters is 1. The number of aliphatic imine (C=N–C) groups is 1. The Morgan fingerprint density at radius 2 is 1.31 bits per heavy atom. The molecule has 1 N–H and O–H groups in total. The number of hydrogen-bond donors (Lipinski definition) is 1. The molecule has 0 spiro atoms.